The van der Waals surface area contributed by atoms with E-state index in [4.69, 9.17) is 4.74 Å². The van der Waals surface area contributed by atoms with Crippen LogP contribution in [-0.4, -0.2) is 20.2 Å². The van der Waals surface area contributed by atoms with Crippen molar-refractivity contribution in [2.45, 2.75) is 38.7 Å². The van der Waals surface area contributed by atoms with Crippen LogP contribution in [0.1, 0.15) is 32.6 Å². The van der Waals surface area contributed by atoms with Crippen molar-refractivity contribution < 1.29 is 4.74 Å². The monoisotopic (exact) mass is 233 g/mol. The van der Waals surface area contributed by atoms with Gasteiger partial charge in [0.25, 0.3) is 0 Å². The lowest BCUT2D eigenvalue weighted by Crippen LogP contribution is -2.23. The fourth-order valence-electron chi connectivity index (χ4n) is 2.36. The smallest absolute Gasteiger partial charge is 0.119 e. The van der Waals surface area contributed by atoms with Gasteiger partial charge in [0.15, 0.2) is 0 Å². The van der Waals surface area contributed by atoms with Gasteiger partial charge in [-0.1, -0.05) is 6.92 Å². The molecule has 2 rings (SSSR count). The van der Waals surface area contributed by atoms with Crippen LogP contribution in [0.5, 0.6) is 5.75 Å². The highest BCUT2D eigenvalue weighted by Gasteiger charge is 2.19. The highest BCUT2D eigenvalue weighted by Crippen LogP contribution is 2.27. The zero-order valence-corrected chi connectivity index (χ0v) is 11.1. The Hall–Kier alpha value is -1.18. The number of benzene rings is 1. The Kier molecular flexibility index (Phi) is 3.93. The van der Waals surface area contributed by atoms with Gasteiger partial charge in [0.1, 0.15) is 5.75 Å². The second-order valence-electron chi connectivity index (χ2n) is 5.39. The minimum atomic E-state index is 0.427. The number of ether oxygens (including phenoxy) is 1. The van der Waals surface area contributed by atoms with Crippen LogP contribution in [-0.2, 0) is 0 Å². The molecule has 1 aliphatic carbocycles. The average Bonchev–Trinajstić information content (AvgIpc) is 2.33. The summed E-state index contributed by atoms with van der Waals surface area (Å²) in [4.78, 5) is 2.10. The second-order valence-corrected chi connectivity index (χ2v) is 5.39. The predicted molar refractivity (Wildman–Crippen MR) is 72.8 cm³/mol. The molecule has 0 bridgehead atoms. The average molecular weight is 233 g/mol. The Bertz CT molecular complexity index is 336. The van der Waals surface area contributed by atoms with Crippen molar-refractivity contribution in [3.63, 3.8) is 0 Å². The summed E-state index contributed by atoms with van der Waals surface area (Å²) in [6.45, 7) is 2.34. The lowest BCUT2D eigenvalue weighted by Gasteiger charge is -2.27. The predicted octanol–water partition coefficient (Wildman–Crippen LogP) is 3.71. The van der Waals surface area contributed by atoms with Crippen molar-refractivity contribution in [2.24, 2.45) is 5.92 Å². The molecule has 1 aliphatic rings. The summed E-state index contributed by atoms with van der Waals surface area (Å²) in [5.74, 6) is 1.89. The van der Waals surface area contributed by atoms with E-state index < -0.39 is 0 Å². The molecule has 1 fully saturated rings. The molecule has 1 aromatic rings. The molecular formula is C15H23NO. The minimum Gasteiger partial charge on any atom is -0.490 e. The Morgan fingerprint density at radius 1 is 1.00 bits per heavy atom. The molecule has 0 radical (unpaired) electrons. The van der Waals surface area contributed by atoms with E-state index in [9.17, 15) is 0 Å². The lowest BCUT2D eigenvalue weighted by atomic mass is 9.89. The van der Waals surface area contributed by atoms with Gasteiger partial charge in [-0.2, -0.15) is 0 Å². The van der Waals surface area contributed by atoms with Crippen LogP contribution >= 0.6 is 0 Å². The van der Waals surface area contributed by atoms with Gasteiger partial charge in [-0.15, -0.1) is 0 Å². The topological polar surface area (TPSA) is 12.5 Å². The molecular weight excluding hydrogens is 210 g/mol. The van der Waals surface area contributed by atoms with Gasteiger partial charge in [-0.3, -0.25) is 0 Å². The number of rotatable bonds is 3. The Balaban J connectivity index is 1.90. The van der Waals surface area contributed by atoms with Crippen molar-refractivity contribution in [2.75, 3.05) is 19.0 Å². The van der Waals surface area contributed by atoms with Gasteiger partial charge < -0.3 is 9.64 Å². The lowest BCUT2D eigenvalue weighted by molar-refractivity contribution is 0.135. The van der Waals surface area contributed by atoms with E-state index in [0.717, 1.165) is 11.7 Å². The van der Waals surface area contributed by atoms with E-state index in [1.165, 1.54) is 31.4 Å². The van der Waals surface area contributed by atoms with E-state index in [1.54, 1.807) is 0 Å². The molecule has 0 aliphatic heterocycles. The summed E-state index contributed by atoms with van der Waals surface area (Å²) < 4.78 is 6.02. The summed E-state index contributed by atoms with van der Waals surface area (Å²) in [5.41, 5.74) is 1.22. The maximum Gasteiger partial charge on any atom is 0.119 e. The molecule has 0 saturated heterocycles. The molecule has 2 heteroatoms. The molecule has 0 N–H and O–H groups in total. The minimum absolute atomic E-state index is 0.427. The van der Waals surface area contributed by atoms with Gasteiger partial charge in [-0.05, 0) is 55.9 Å². The normalized spacial score (nSPS) is 24.4. The van der Waals surface area contributed by atoms with Crippen LogP contribution < -0.4 is 9.64 Å². The highest BCUT2D eigenvalue weighted by atomic mass is 16.5. The standard InChI is InChI=1S/C15H23NO/c1-12-4-8-14(9-5-12)17-15-10-6-13(7-11-15)16(2)3/h6-7,10-12,14H,4-5,8-9H2,1-3H3. The molecule has 0 aromatic heterocycles. The van der Waals surface area contributed by atoms with Crippen LogP contribution in [0.25, 0.3) is 0 Å². The number of anilines is 1. The number of hydrogen-bond acceptors (Lipinski definition) is 2. The van der Waals surface area contributed by atoms with Crippen molar-refractivity contribution in [3.8, 4) is 5.75 Å². The summed E-state index contributed by atoms with van der Waals surface area (Å²) in [6, 6.07) is 8.38. The Labute approximate surface area is 105 Å². The van der Waals surface area contributed by atoms with Gasteiger partial charge in [0, 0.05) is 19.8 Å². The van der Waals surface area contributed by atoms with Crippen molar-refractivity contribution >= 4 is 5.69 Å². The Morgan fingerprint density at radius 2 is 1.59 bits per heavy atom. The summed E-state index contributed by atoms with van der Waals surface area (Å²) >= 11 is 0. The van der Waals surface area contributed by atoms with Crippen LogP contribution in [0.15, 0.2) is 24.3 Å². The first-order chi connectivity index (χ1) is 8.15. The molecule has 1 aromatic carbocycles. The third kappa shape index (κ3) is 3.39. The fourth-order valence-corrected chi connectivity index (χ4v) is 2.36. The molecule has 0 spiro atoms. The van der Waals surface area contributed by atoms with E-state index in [1.807, 2.05) is 0 Å². The summed E-state index contributed by atoms with van der Waals surface area (Å²) in [6.07, 6.45) is 5.45. The van der Waals surface area contributed by atoms with E-state index in [2.05, 4.69) is 50.2 Å². The van der Waals surface area contributed by atoms with Gasteiger partial charge in [0.05, 0.1) is 6.10 Å². The van der Waals surface area contributed by atoms with Gasteiger partial charge in [0.2, 0.25) is 0 Å². The van der Waals surface area contributed by atoms with Crippen molar-refractivity contribution in [3.05, 3.63) is 24.3 Å². The molecule has 2 nitrogen and oxygen atoms in total. The number of nitrogens with zero attached hydrogens (tertiary/aromatic N) is 1. The van der Waals surface area contributed by atoms with Crippen molar-refractivity contribution in [1.29, 1.82) is 0 Å². The zero-order valence-electron chi connectivity index (χ0n) is 11.1. The highest BCUT2D eigenvalue weighted by molar-refractivity contribution is 5.47. The van der Waals surface area contributed by atoms with Crippen LogP contribution in [0.2, 0.25) is 0 Å². The maximum absolute atomic E-state index is 6.02. The molecule has 17 heavy (non-hydrogen) atoms. The third-order valence-corrected chi connectivity index (χ3v) is 3.62. The van der Waals surface area contributed by atoms with Crippen molar-refractivity contribution in [1.82, 2.24) is 0 Å². The first-order valence-electron chi connectivity index (χ1n) is 6.59. The number of hydrogen-bond donors (Lipinski definition) is 0. The van der Waals surface area contributed by atoms with E-state index >= 15 is 0 Å². The van der Waals surface area contributed by atoms with Gasteiger partial charge >= 0.3 is 0 Å². The third-order valence-electron chi connectivity index (χ3n) is 3.62. The maximum atomic E-state index is 6.02. The van der Waals surface area contributed by atoms with Crippen LogP contribution in [0.4, 0.5) is 5.69 Å². The van der Waals surface area contributed by atoms with Gasteiger partial charge in [-0.25, -0.2) is 0 Å². The quantitative estimate of drug-likeness (QED) is 0.789. The first kappa shape index (κ1) is 12.3. The molecule has 0 atom stereocenters. The molecule has 0 amide bonds. The SMILES string of the molecule is CC1CCC(Oc2ccc(N(C)C)cc2)CC1. The summed E-state index contributed by atoms with van der Waals surface area (Å²) in [5, 5.41) is 0. The molecule has 94 valence electrons. The molecule has 0 unspecified atom stereocenters. The molecule has 1 saturated carbocycles. The Morgan fingerprint density at radius 3 is 2.12 bits per heavy atom. The largest absolute Gasteiger partial charge is 0.490 e. The molecule has 0 heterocycles. The van der Waals surface area contributed by atoms with E-state index in [0.29, 0.717) is 6.10 Å². The second kappa shape index (κ2) is 5.44. The zero-order chi connectivity index (χ0) is 12.3. The van der Waals surface area contributed by atoms with Crippen LogP contribution in [0, 0.1) is 5.92 Å². The summed E-state index contributed by atoms with van der Waals surface area (Å²) in [7, 11) is 4.11. The first-order valence-corrected chi connectivity index (χ1v) is 6.59. The van der Waals surface area contributed by atoms with E-state index in [-0.39, 0.29) is 0 Å². The van der Waals surface area contributed by atoms with Crippen LogP contribution in [0.3, 0.4) is 0 Å². The fraction of sp³-hybridized carbons (Fsp3) is 0.600.